The molecule has 1 unspecified atom stereocenters. The number of hydrogen-bond donors (Lipinski definition) is 2. The number of nitrogens with zero attached hydrogens (tertiary/aromatic N) is 3. The van der Waals surface area contributed by atoms with E-state index in [0.29, 0.717) is 13.0 Å². The van der Waals surface area contributed by atoms with E-state index in [9.17, 15) is 4.79 Å². The third kappa shape index (κ3) is 3.32. The second-order valence-electron chi connectivity index (χ2n) is 3.40. The van der Waals surface area contributed by atoms with Crippen molar-refractivity contribution in [1.29, 1.82) is 0 Å². The van der Waals surface area contributed by atoms with Gasteiger partial charge in [0.25, 0.3) is 0 Å². The summed E-state index contributed by atoms with van der Waals surface area (Å²) in [5, 5.41) is 13.6. The maximum Gasteiger partial charge on any atom is 0.221 e. The van der Waals surface area contributed by atoms with E-state index in [4.69, 9.17) is 0 Å². The first-order valence-electron chi connectivity index (χ1n) is 4.93. The summed E-state index contributed by atoms with van der Waals surface area (Å²) in [5.74, 6) is 0.902. The molecule has 0 aliphatic carbocycles. The number of rotatable bonds is 5. The monoisotopic (exact) mass is 211 g/mol. The lowest BCUT2D eigenvalue weighted by Gasteiger charge is -2.12. The van der Waals surface area contributed by atoms with Crippen LogP contribution in [-0.4, -0.2) is 34.3 Å². The first-order chi connectivity index (χ1) is 7.15. The molecule has 1 heterocycles. The summed E-state index contributed by atoms with van der Waals surface area (Å²) >= 11 is 0. The molecule has 1 aromatic rings. The van der Waals surface area contributed by atoms with Gasteiger partial charge in [-0.3, -0.25) is 4.79 Å². The smallest absolute Gasteiger partial charge is 0.221 e. The average Bonchev–Trinajstić information content (AvgIpc) is 2.64. The molecule has 6 nitrogen and oxygen atoms in total. The van der Waals surface area contributed by atoms with E-state index in [1.807, 2.05) is 18.5 Å². The molecule has 0 fully saturated rings. The van der Waals surface area contributed by atoms with Crippen LogP contribution in [0.2, 0.25) is 0 Å². The zero-order valence-electron chi connectivity index (χ0n) is 9.32. The Kier molecular flexibility index (Phi) is 4.23. The predicted octanol–water partition coefficient (Wildman–Crippen LogP) is -0.398. The first-order valence-corrected chi connectivity index (χ1v) is 4.93. The fourth-order valence-corrected chi connectivity index (χ4v) is 1.30. The summed E-state index contributed by atoms with van der Waals surface area (Å²) in [6.45, 7) is 2.63. The number of aryl methyl sites for hydroxylation is 1. The lowest BCUT2D eigenvalue weighted by Crippen LogP contribution is -2.27. The second kappa shape index (κ2) is 5.45. The molecule has 1 aromatic heterocycles. The molecule has 0 spiro atoms. The van der Waals surface area contributed by atoms with Crippen molar-refractivity contribution in [2.75, 3.05) is 13.6 Å². The van der Waals surface area contributed by atoms with Crippen molar-refractivity contribution in [3.63, 3.8) is 0 Å². The molecule has 0 saturated carbocycles. The second-order valence-corrected chi connectivity index (χ2v) is 3.40. The molecule has 0 aliphatic heterocycles. The fourth-order valence-electron chi connectivity index (χ4n) is 1.30. The van der Waals surface area contributed by atoms with Gasteiger partial charge in [-0.05, 0) is 6.92 Å². The Bertz CT molecular complexity index is 322. The third-order valence-electron chi connectivity index (χ3n) is 2.22. The number of hydrogen-bond acceptors (Lipinski definition) is 4. The van der Waals surface area contributed by atoms with E-state index in [0.717, 1.165) is 5.82 Å². The van der Waals surface area contributed by atoms with Crippen molar-refractivity contribution in [2.45, 2.75) is 19.4 Å². The molecule has 1 rings (SSSR count). The third-order valence-corrected chi connectivity index (χ3v) is 2.22. The van der Waals surface area contributed by atoms with Crippen LogP contribution in [-0.2, 0) is 11.8 Å². The first kappa shape index (κ1) is 11.6. The van der Waals surface area contributed by atoms with Gasteiger partial charge in [-0.1, -0.05) is 0 Å². The van der Waals surface area contributed by atoms with Crippen molar-refractivity contribution in [3.05, 3.63) is 12.2 Å². The van der Waals surface area contributed by atoms with E-state index >= 15 is 0 Å². The van der Waals surface area contributed by atoms with Gasteiger partial charge in [-0.15, -0.1) is 10.2 Å². The van der Waals surface area contributed by atoms with Gasteiger partial charge in [-0.25, -0.2) is 0 Å². The highest BCUT2D eigenvalue weighted by atomic mass is 16.1. The van der Waals surface area contributed by atoms with Crippen molar-refractivity contribution < 1.29 is 4.79 Å². The van der Waals surface area contributed by atoms with Gasteiger partial charge in [0.2, 0.25) is 5.91 Å². The van der Waals surface area contributed by atoms with Crippen molar-refractivity contribution in [2.24, 2.45) is 7.05 Å². The van der Waals surface area contributed by atoms with Crippen molar-refractivity contribution in [1.82, 2.24) is 25.4 Å². The topological polar surface area (TPSA) is 71.8 Å². The highest BCUT2D eigenvalue weighted by Gasteiger charge is 2.10. The Hall–Kier alpha value is -1.43. The Morgan fingerprint density at radius 2 is 2.40 bits per heavy atom. The zero-order valence-corrected chi connectivity index (χ0v) is 9.32. The molecular formula is C9H17N5O. The largest absolute Gasteiger partial charge is 0.359 e. The number of carbonyl (C=O) groups is 1. The maximum atomic E-state index is 11.0. The molecule has 0 aliphatic rings. The quantitative estimate of drug-likeness (QED) is 0.695. The summed E-state index contributed by atoms with van der Waals surface area (Å²) in [6.07, 6.45) is 2.13. The van der Waals surface area contributed by atoms with E-state index in [1.165, 1.54) is 0 Å². The van der Waals surface area contributed by atoms with E-state index < -0.39 is 0 Å². The van der Waals surface area contributed by atoms with Crippen LogP contribution in [0.5, 0.6) is 0 Å². The number of nitrogens with one attached hydrogen (secondary N) is 2. The molecule has 0 bridgehead atoms. The normalized spacial score (nSPS) is 12.5. The minimum absolute atomic E-state index is 0.0349. The van der Waals surface area contributed by atoms with E-state index in [-0.39, 0.29) is 11.9 Å². The highest BCUT2D eigenvalue weighted by Crippen LogP contribution is 2.06. The molecule has 84 valence electrons. The van der Waals surface area contributed by atoms with Crippen LogP contribution in [0.1, 0.15) is 25.2 Å². The van der Waals surface area contributed by atoms with Gasteiger partial charge < -0.3 is 15.2 Å². The minimum atomic E-state index is 0.0349. The summed E-state index contributed by atoms with van der Waals surface area (Å²) in [6, 6.07) is 0.0992. The molecule has 2 N–H and O–H groups in total. The van der Waals surface area contributed by atoms with Gasteiger partial charge in [0.15, 0.2) is 0 Å². The maximum absolute atomic E-state index is 11.0. The Labute approximate surface area is 89.1 Å². The van der Waals surface area contributed by atoms with Gasteiger partial charge in [-0.2, -0.15) is 0 Å². The SMILES string of the molecule is CNC(=O)CCNC(C)c1nncn1C. The minimum Gasteiger partial charge on any atom is -0.359 e. The van der Waals surface area contributed by atoms with Crippen LogP contribution in [0.25, 0.3) is 0 Å². The summed E-state index contributed by atoms with van der Waals surface area (Å²) in [5.41, 5.74) is 0. The van der Waals surface area contributed by atoms with Gasteiger partial charge in [0.05, 0.1) is 6.04 Å². The molecule has 1 amide bonds. The number of carbonyl (C=O) groups excluding carboxylic acids is 1. The molecule has 0 aromatic carbocycles. The lowest BCUT2D eigenvalue weighted by atomic mass is 10.3. The molecule has 15 heavy (non-hydrogen) atoms. The highest BCUT2D eigenvalue weighted by molar-refractivity contribution is 5.75. The van der Waals surface area contributed by atoms with Gasteiger partial charge in [0, 0.05) is 27.1 Å². The van der Waals surface area contributed by atoms with Gasteiger partial charge >= 0.3 is 0 Å². The molecule has 6 heteroatoms. The molecular weight excluding hydrogens is 194 g/mol. The summed E-state index contributed by atoms with van der Waals surface area (Å²) in [4.78, 5) is 11.0. The Morgan fingerprint density at radius 1 is 1.67 bits per heavy atom. The number of aromatic nitrogens is 3. The van der Waals surface area contributed by atoms with Crippen LogP contribution in [0.15, 0.2) is 6.33 Å². The summed E-state index contributed by atoms with van der Waals surface area (Å²) in [7, 11) is 3.53. The van der Waals surface area contributed by atoms with Crippen LogP contribution in [0.3, 0.4) is 0 Å². The van der Waals surface area contributed by atoms with E-state index in [2.05, 4.69) is 20.8 Å². The van der Waals surface area contributed by atoms with Crippen LogP contribution < -0.4 is 10.6 Å². The Morgan fingerprint density at radius 3 is 2.93 bits per heavy atom. The predicted molar refractivity (Wildman–Crippen MR) is 56.1 cm³/mol. The van der Waals surface area contributed by atoms with Crippen LogP contribution >= 0.6 is 0 Å². The molecule has 1 atom stereocenters. The van der Waals surface area contributed by atoms with Crippen LogP contribution in [0.4, 0.5) is 0 Å². The van der Waals surface area contributed by atoms with Crippen molar-refractivity contribution in [3.8, 4) is 0 Å². The fraction of sp³-hybridized carbons (Fsp3) is 0.667. The zero-order chi connectivity index (χ0) is 11.3. The number of amides is 1. The van der Waals surface area contributed by atoms with Gasteiger partial charge in [0.1, 0.15) is 12.2 Å². The molecule has 0 radical (unpaired) electrons. The average molecular weight is 211 g/mol. The van der Waals surface area contributed by atoms with Crippen LogP contribution in [0, 0.1) is 0 Å². The standard InChI is InChI=1S/C9H17N5O/c1-7(9-13-12-6-14(9)3)11-5-4-8(15)10-2/h6-7,11H,4-5H2,1-3H3,(H,10,15). The van der Waals surface area contributed by atoms with E-state index in [1.54, 1.807) is 13.4 Å². The summed E-state index contributed by atoms with van der Waals surface area (Å²) < 4.78 is 1.86. The Balaban J connectivity index is 2.34. The lowest BCUT2D eigenvalue weighted by molar-refractivity contribution is -0.120. The molecule has 0 saturated heterocycles. The van der Waals surface area contributed by atoms with Crippen molar-refractivity contribution >= 4 is 5.91 Å².